The minimum absolute atomic E-state index is 0.164. The summed E-state index contributed by atoms with van der Waals surface area (Å²) in [7, 11) is 1.41. The number of rotatable bonds is 4. The van der Waals surface area contributed by atoms with Crippen molar-refractivity contribution in [2.45, 2.75) is 0 Å². The number of nitrogens with zero attached hydrogens (tertiary/aromatic N) is 5. The number of halogens is 1. The maximum Gasteiger partial charge on any atom is 0.235 e. The zero-order valence-corrected chi connectivity index (χ0v) is 14.6. The van der Waals surface area contributed by atoms with E-state index in [0.717, 1.165) is 0 Å². The molecule has 0 amide bonds. The van der Waals surface area contributed by atoms with Crippen LogP contribution in [0.1, 0.15) is 0 Å². The Labute approximate surface area is 154 Å². The molecule has 5 rings (SSSR count). The van der Waals surface area contributed by atoms with Crippen LogP contribution < -0.4 is 4.74 Å². The highest BCUT2D eigenvalue weighted by Gasteiger charge is 2.19. The number of methoxy groups -OCH3 is 1. The Morgan fingerprint density at radius 1 is 1.15 bits per heavy atom. The van der Waals surface area contributed by atoms with Crippen LogP contribution in [-0.4, -0.2) is 32.1 Å². The Balaban J connectivity index is 1.52. The van der Waals surface area contributed by atoms with Crippen molar-refractivity contribution in [3.05, 3.63) is 48.5 Å². The number of ether oxygens (including phenoxy) is 1. The standard InChI is InChI=1S/C17H10FN5O3S/c1-24-12-5-4-9(7-10(12)18)14-8-11(22-26-14)16-21-23-15(13-3-2-6-25-13)19-20-17(23)27-16/h2-8H,1H3. The van der Waals surface area contributed by atoms with Crippen molar-refractivity contribution in [1.29, 1.82) is 0 Å². The molecule has 1 aromatic carbocycles. The quantitative estimate of drug-likeness (QED) is 0.464. The lowest BCUT2D eigenvalue weighted by atomic mass is 10.1. The monoisotopic (exact) mass is 383 g/mol. The SMILES string of the molecule is COc1ccc(-c2cc(-c3nn4c(-c5ccco5)nnc4s3)no2)cc1F. The van der Waals surface area contributed by atoms with Crippen molar-refractivity contribution in [3.63, 3.8) is 0 Å². The molecule has 0 saturated heterocycles. The Bertz CT molecular complexity index is 1240. The third kappa shape index (κ3) is 2.57. The molecule has 27 heavy (non-hydrogen) atoms. The number of benzene rings is 1. The van der Waals surface area contributed by atoms with Gasteiger partial charge in [0.1, 0.15) is 5.69 Å². The molecule has 4 aromatic heterocycles. The highest BCUT2D eigenvalue weighted by Crippen LogP contribution is 2.31. The first-order valence-electron chi connectivity index (χ1n) is 7.80. The fraction of sp³-hybridized carbons (Fsp3) is 0.0588. The van der Waals surface area contributed by atoms with Crippen LogP contribution >= 0.6 is 11.3 Å². The van der Waals surface area contributed by atoms with Gasteiger partial charge in [0, 0.05) is 11.6 Å². The Morgan fingerprint density at radius 3 is 2.85 bits per heavy atom. The molecule has 0 fully saturated rings. The van der Waals surface area contributed by atoms with Gasteiger partial charge in [0.15, 0.2) is 28.1 Å². The van der Waals surface area contributed by atoms with Gasteiger partial charge in [-0.3, -0.25) is 0 Å². The normalized spacial score (nSPS) is 11.3. The molecular formula is C17H10FN5O3S. The molecule has 8 nitrogen and oxygen atoms in total. The van der Waals surface area contributed by atoms with Gasteiger partial charge in [-0.25, -0.2) is 4.39 Å². The molecule has 134 valence electrons. The second-order valence-corrected chi connectivity index (χ2v) is 6.48. The lowest BCUT2D eigenvalue weighted by Gasteiger charge is -2.02. The van der Waals surface area contributed by atoms with Crippen LogP contribution in [0, 0.1) is 5.82 Å². The molecule has 0 spiro atoms. The lowest BCUT2D eigenvalue weighted by Crippen LogP contribution is -1.89. The third-order valence-electron chi connectivity index (χ3n) is 3.90. The first-order chi connectivity index (χ1) is 13.2. The molecule has 0 radical (unpaired) electrons. The minimum Gasteiger partial charge on any atom is -0.494 e. The minimum atomic E-state index is -0.477. The van der Waals surface area contributed by atoms with Crippen LogP contribution in [0.25, 0.3) is 38.6 Å². The van der Waals surface area contributed by atoms with E-state index in [0.29, 0.717) is 38.6 Å². The van der Waals surface area contributed by atoms with E-state index in [1.54, 1.807) is 35.0 Å². The largest absolute Gasteiger partial charge is 0.494 e. The summed E-state index contributed by atoms with van der Waals surface area (Å²) in [6, 6.07) is 9.80. The summed E-state index contributed by atoms with van der Waals surface area (Å²) in [6.45, 7) is 0. The molecule has 0 aliphatic carbocycles. The van der Waals surface area contributed by atoms with Gasteiger partial charge in [-0.1, -0.05) is 16.5 Å². The van der Waals surface area contributed by atoms with Crippen molar-refractivity contribution >= 4 is 16.3 Å². The molecule has 0 saturated carbocycles. The fourth-order valence-corrected chi connectivity index (χ4v) is 3.40. The third-order valence-corrected chi connectivity index (χ3v) is 4.82. The van der Waals surface area contributed by atoms with E-state index >= 15 is 0 Å². The number of furan rings is 1. The topological polar surface area (TPSA) is 91.5 Å². The zero-order valence-electron chi connectivity index (χ0n) is 13.8. The van der Waals surface area contributed by atoms with Gasteiger partial charge < -0.3 is 13.7 Å². The summed E-state index contributed by atoms with van der Waals surface area (Å²) in [5.74, 6) is 1.17. The Hall–Kier alpha value is -3.53. The summed E-state index contributed by atoms with van der Waals surface area (Å²) in [6.07, 6.45) is 1.56. The molecule has 0 aliphatic rings. The summed E-state index contributed by atoms with van der Waals surface area (Å²) in [4.78, 5) is 0.594. The number of hydrogen-bond donors (Lipinski definition) is 0. The average Bonchev–Trinajstić information content (AvgIpc) is 3.43. The van der Waals surface area contributed by atoms with Crippen molar-refractivity contribution in [3.8, 4) is 39.4 Å². The fourth-order valence-electron chi connectivity index (χ4n) is 2.61. The van der Waals surface area contributed by atoms with Crippen LogP contribution in [0.15, 0.2) is 51.6 Å². The lowest BCUT2D eigenvalue weighted by molar-refractivity contribution is 0.386. The Morgan fingerprint density at radius 2 is 2.07 bits per heavy atom. The van der Waals surface area contributed by atoms with Crippen LogP contribution in [0.4, 0.5) is 4.39 Å². The Kier molecular flexibility index (Phi) is 3.50. The van der Waals surface area contributed by atoms with Crippen LogP contribution in [-0.2, 0) is 0 Å². The van der Waals surface area contributed by atoms with Crippen molar-refractivity contribution in [2.24, 2.45) is 0 Å². The highest BCUT2D eigenvalue weighted by atomic mass is 32.1. The smallest absolute Gasteiger partial charge is 0.235 e. The number of aromatic nitrogens is 5. The van der Waals surface area contributed by atoms with Gasteiger partial charge in [0.2, 0.25) is 10.8 Å². The predicted octanol–water partition coefficient (Wildman–Crippen LogP) is 3.92. The van der Waals surface area contributed by atoms with E-state index in [1.165, 1.54) is 30.6 Å². The number of hydrogen-bond acceptors (Lipinski definition) is 8. The molecule has 0 N–H and O–H groups in total. The van der Waals surface area contributed by atoms with Gasteiger partial charge in [-0.15, -0.1) is 10.2 Å². The van der Waals surface area contributed by atoms with Crippen LogP contribution in [0.2, 0.25) is 0 Å². The van der Waals surface area contributed by atoms with Gasteiger partial charge >= 0.3 is 0 Å². The molecule has 4 heterocycles. The average molecular weight is 383 g/mol. The summed E-state index contributed by atoms with van der Waals surface area (Å²) >= 11 is 1.31. The molecule has 0 atom stereocenters. The maximum atomic E-state index is 13.9. The van der Waals surface area contributed by atoms with Crippen LogP contribution in [0.3, 0.4) is 0 Å². The zero-order chi connectivity index (χ0) is 18.4. The van der Waals surface area contributed by atoms with E-state index in [1.807, 2.05) is 0 Å². The molecular weight excluding hydrogens is 373 g/mol. The molecule has 0 aliphatic heterocycles. The second-order valence-electron chi connectivity index (χ2n) is 5.53. The van der Waals surface area contributed by atoms with Gasteiger partial charge in [-0.2, -0.15) is 9.61 Å². The van der Waals surface area contributed by atoms with Gasteiger partial charge in [0.05, 0.1) is 13.4 Å². The molecule has 0 bridgehead atoms. The molecule has 5 aromatic rings. The first kappa shape index (κ1) is 15.7. The van der Waals surface area contributed by atoms with E-state index in [9.17, 15) is 4.39 Å². The van der Waals surface area contributed by atoms with Gasteiger partial charge in [0.25, 0.3) is 0 Å². The summed E-state index contributed by atoms with van der Waals surface area (Å²) in [5, 5.41) is 17.3. The summed E-state index contributed by atoms with van der Waals surface area (Å²) in [5.41, 5.74) is 1.06. The van der Waals surface area contributed by atoms with Crippen LogP contribution in [0.5, 0.6) is 5.75 Å². The van der Waals surface area contributed by atoms with E-state index in [4.69, 9.17) is 13.7 Å². The van der Waals surface area contributed by atoms with Crippen molar-refractivity contribution in [1.82, 2.24) is 25.0 Å². The maximum absolute atomic E-state index is 13.9. The van der Waals surface area contributed by atoms with Crippen molar-refractivity contribution < 1.29 is 18.1 Å². The highest BCUT2D eigenvalue weighted by molar-refractivity contribution is 7.19. The second kappa shape index (κ2) is 6.02. The van der Waals surface area contributed by atoms with E-state index in [-0.39, 0.29) is 5.75 Å². The summed E-state index contributed by atoms with van der Waals surface area (Å²) < 4.78 is 31.1. The molecule has 10 heteroatoms. The number of fused-ring (bicyclic) bond motifs is 1. The predicted molar refractivity (Wildman–Crippen MR) is 93.8 cm³/mol. The first-order valence-corrected chi connectivity index (χ1v) is 8.61. The van der Waals surface area contributed by atoms with E-state index in [2.05, 4.69) is 20.5 Å². The molecule has 0 unspecified atom stereocenters. The van der Waals surface area contributed by atoms with Crippen molar-refractivity contribution in [2.75, 3.05) is 7.11 Å². The van der Waals surface area contributed by atoms with Gasteiger partial charge in [-0.05, 0) is 30.3 Å². The van der Waals surface area contributed by atoms with E-state index < -0.39 is 5.82 Å².